The molecular weight excluding hydrogens is 322 g/mol. The number of hydrogen-bond acceptors (Lipinski definition) is 4. The molecule has 1 atom stereocenters. The monoisotopic (exact) mass is 345 g/mol. The summed E-state index contributed by atoms with van der Waals surface area (Å²) in [6, 6.07) is 9.45. The fraction of sp³-hybridized carbons (Fsp3) is 0.368. The molecule has 1 unspecified atom stereocenters. The van der Waals surface area contributed by atoms with Gasteiger partial charge >= 0.3 is 5.97 Å². The van der Waals surface area contributed by atoms with Crippen LogP contribution >= 0.6 is 0 Å². The SMILES string of the molecule is CC(C)COCC(NC(=O)Cc1ccc(C(=O)O)cc1)c1ccco1. The van der Waals surface area contributed by atoms with Crippen LogP contribution in [0.2, 0.25) is 0 Å². The Morgan fingerprint density at radius 1 is 1.16 bits per heavy atom. The molecule has 0 radical (unpaired) electrons. The van der Waals surface area contributed by atoms with E-state index in [4.69, 9.17) is 14.3 Å². The van der Waals surface area contributed by atoms with Gasteiger partial charge in [0.1, 0.15) is 11.8 Å². The fourth-order valence-electron chi connectivity index (χ4n) is 2.30. The summed E-state index contributed by atoms with van der Waals surface area (Å²) in [4.78, 5) is 23.2. The zero-order chi connectivity index (χ0) is 18.2. The van der Waals surface area contributed by atoms with Crippen LogP contribution in [0.1, 0.15) is 41.6 Å². The maximum Gasteiger partial charge on any atom is 0.335 e. The molecule has 1 aromatic carbocycles. The predicted octanol–water partition coefficient (Wildman–Crippen LogP) is 3.05. The van der Waals surface area contributed by atoms with E-state index in [1.54, 1.807) is 30.5 Å². The molecule has 0 bridgehead atoms. The Morgan fingerprint density at radius 3 is 2.44 bits per heavy atom. The molecule has 25 heavy (non-hydrogen) atoms. The van der Waals surface area contributed by atoms with Gasteiger partial charge in [0.05, 0.1) is 24.9 Å². The zero-order valence-electron chi connectivity index (χ0n) is 14.4. The van der Waals surface area contributed by atoms with E-state index in [2.05, 4.69) is 19.2 Å². The highest BCUT2D eigenvalue weighted by molar-refractivity contribution is 5.87. The molecule has 6 heteroatoms. The first-order valence-corrected chi connectivity index (χ1v) is 8.18. The largest absolute Gasteiger partial charge is 0.478 e. The maximum absolute atomic E-state index is 12.3. The molecule has 0 spiro atoms. The van der Waals surface area contributed by atoms with Gasteiger partial charge in [-0.05, 0) is 35.7 Å². The summed E-state index contributed by atoms with van der Waals surface area (Å²) >= 11 is 0. The molecule has 1 aromatic heterocycles. The molecule has 2 rings (SSSR count). The van der Waals surface area contributed by atoms with Crippen molar-refractivity contribution in [3.05, 3.63) is 59.5 Å². The number of benzene rings is 1. The van der Waals surface area contributed by atoms with Gasteiger partial charge in [0.2, 0.25) is 5.91 Å². The van der Waals surface area contributed by atoms with E-state index >= 15 is 0 Å². The van der Waals surface area contributed by atoms with Crippen molar-refractivity contribution in [2.75, 3.05) is 13.2 Å². The second kappa shape index (κ2) is 9.03. The van der Waals surface area contributed by atoms with E-state index in [1.165, 1.54) is 12.1 Å². The minimum absolute atomic E-state index is 0.154. The van der Waals surface area contributed by atoms with Crippen LogP contribution in [0, 0.1) is 5.92 Å². The number of carboxylic acids is 1. The molecule has 0 saturated carbocycles. The molecule has 0 aliphatic rings. The Balaban J connectivity index is 1.95. The first-order valence-electron chi connectivity index (χ1n) is 8.18. The third kappa shape index (κ3) is 6.08. The highest BCUT2D eigenvalue weighted by Crippen LogP contribution is 2.15. The summed E-state index contributed by atoms with van der Waals surface area (Å²) in [5, 5.41) is 11.8. The topological polar surface area (TPSA) is 88.8 Å². The second-order valence-corrected chi connectivity index (χ2v) is 6.25. The quantitative estimate of drug-likeness (QED) is 0.729. The smallest absolute Gasteiger partial charge is 0.335 e. The van der Waals surface area contributed by atoms with E-state index < -0.39 is 5.97 Å². The molecule has 0 fully saturated rings. The lowest BCUT2D eigenvalue weighted by Crippen LogP contribution is -2.32. The van der Waals surface area contributed by atoms with Gasteiger partial charge in [-0.2, -0.15) is 0 Å². The molecule has 6 nitrogen and oxygen atoms in total. The Hall–Kier alpha value is -2.60. The normalized spacial score (nSPS) is 12.1. The molecule has 0 aliphatic heterocycles. The minimum Gasteiger partial charge on any atom is -0.478 e. The van der Waals surface area contributed by atoms with Gasteiger partial charge in [-0.15, -0.1) is 0 Å². The summed E-state index contributed by atoms with van der Waals surface area (Å²) in [5.41, 5.74) is 0.934. The van der Waals surface area contributed by atoms with E-state index in [0.29, 0.717) is 24.9 Å². The minimum atomic E-state index is -0.990. The predicted molar refractivity (Wildman–Crippen MR) is 92.4 cm³/mol. The molecule has 134 valence electrons. The van der Waals surface area contributed by atoms with E-state index in [-0.39, 0.29) is 23.9 Å². The molecule has 1 amide bonds. The third-order valence-corrected chi connectivity index (χ3v) is 3.52. The fourth-order valence-corrected chi connectivity index (χ4v) is 2.30. The van der Waals surface area contributed by atoms with Crippen LogP contribution in [-0.2, 0) is 16.0 Å². The second-order valence-electron chi connectivity index (χ2n) is 6.25. The van der Waals surface area contributed by atoms with Gasteiger partial charge in [0.15, 0.2) is 0 Å². The molecule has 1 heterocycles. The van der Waals surface area contributed by atoms with Gasteiger partial charge in [0.25, 0.3) is 0 Å². The number of carboxylic acid groups (broad SMARTS) is 1. The van der Waals surface area contributed by atoms with Gasteiger partial charge < -0.3 is 19.6 Å². The maximum atomic E-state index is 12.3. The average Bonchev–Trinajstić information content (AvgIpc) is 3.08. The number of ether oxygens (including phenoxy) is 1. The Morgan fingerprint density at radius 2 is 1.88 bits per heavy atom. The highest BCUT2D eigenvalue weighted by atomic mass is 16.5. The van der Waals surface area contributed by atoms with Crippen LogP contribution in [0.3, 0.4) is 0 Å². The number of aromatic carboxylic acids is 1. The average molecular weight is 345 g/mol. The molecule has 0 aliphatic carbocycles. The van der Waals surface area contributed by atoms with Gasteiger partial charge in [-0.1, -0.05) is 26.0 Å². The van der Waals surface area contributed by atoms with Crippen molar-refractivity contribution in [3.63, 3.8) is 0 Å². The molecule has 2 N–H and O–H groups in total. The zero-order valence-corrected chi connectivity index (χ0v) is 14.4. The lowest BCUT2D eigenvalue weighted by Gasteiger charge is -2.18. The number of amides is 1. The Bertz CT molecular complexity index is 676. The molecule has 2 aromatic rings. The number of nitrogens with one attached hydrogen (secondary N) is 1. The lowest BCUT2D eigenvalue weighted by atomic mass is 10.1. The van der Waals surface area contributed by atoms with Crippen LogP contribution in [0.5, 0.6) is 0 Å². The summed E-state index contributed by atoms with van der Waals surface area (Å²) in [6.45, 7) is 5.04. The number of hydrogen-bond donors (Lipinski definition) is 2. The number of carbonyl (C=O) groups excluding carboxylic acids is 1. The van der Waals surface area contributed by atoms with Crippen molar-refractivity contribution in [2.24, 2.45) is 5.92 Å². The van der Waals surface area contributed by atoms with Crippen LogP contribution in [-0.4, -0.2) is 30.2 Å². The number of rotatable bonds is 9. The number of carbonyl (C=O) groups is 2. The standard InChI is InChI=1S/C19H23NO5/c1-13(2)11-24-12-16(17-4-3-9-25-17)20-18(21)10-14-5-7-15(8-6-14)19(22)23/h3-9,13,16H,10-12H2,1-2H3,(H,20,21)(H,22,23). The summed E-state index contributed by atoms with van der Waals surface area (Å²) < 4.78 is 11.0. The van der Waals surface area contributed by atoms with Crippen LogP contribution in [0.25, 0.3) is 0 Å². The van der Waals surface area contributed by atoms with Crippen molar-refractivity contribution in [1.82, 2.24) is 5.32 Å². The van der Waals surface area contributed by atoms with Crippen LogP contribution in [0.4, 0.5) is 0 Å². The van der Waals surface area contributed by atoms with E-state index in [0.717, 1.165) is 5.56 Å². The van der Waals surface area contributed by atoms with Crippen molar-refractivity contribution >= 4 is 11.9 Å². The van der Waals surface area contributed by atoms with Gasteiger partial charge in [-0.25, -0.2) is 4.79 Å². The van der Waals surface area contributed by atoms with Crippen molar-refractivity contribution in [3.8, 4) is 0 Å². The first-order chi connectivity index (χ1) is 12.0. The van der Waals surface area contributed by atoms with Gasteiger partial charge in [-0.3, -0.25) is 4.79 Å². The van der Waals surface area contributed by atoms with Crippen molar-refractivity contribution < 1.29 is 23.8 Å². The summed E-state index contributed by atoms with van der Waals surface area (Å²) in [5.74, 6) is -0.132. The van der Waals surface area contributed by atoms with Crippen LogP contribution in [0.15, 0.2) is 47.1 Å². The van der Waals surface area contributed by atoms with Crippen molar-refractivity contribution in [1.29, 1.82) is 0 Å². The third-order valence-electron chi connectivity index (χ3n) is 3.52. The Kier molecular flexibility index (Phi) is 6.77. The highest BCUT2D eigenvalue weighted by Gasteiger charge is 2.18. The summed E-state index contributed by atoms with van der Waals surface area (Å²) in [6.07, 6.45) is 1.71. The van der Waals surface area contributed by atoms with Crippen LogP contribution < -0.4 is 5.32 Å². The van der Waals surface area contributed by atoms with Crippen molar-refractivity contribution in [2.45, 2.75) is 26.3 Å². The summed E-state index contributed by atoms with van der Waals surface area (Å²) in [7, 11) is 0. The molecule has 0 saturated heterocycles. The lowest BCUT2D eigenvalue weighted by molar-refractivity contribution is -0.121. The number of furan rings is 1. The van der Waals surface area contributed by atoms with E-state index in [1.807, 2.05) is 0 Å². The van der Waals surface area contributed by atoms with E-state index in [9.17, 15) is 9.59 Å². The van der Waals surface area contributed by atoms with Gasteiger partial charge in [0, 0.05) is 6.61 Å². The molecular formula is C19H23NO5. The first kappa shape index (κ1) is 18.7. The Labute approximate surface area is 146 Å².